The zero-order valence-electron chi connectivity index (χ0n) is 15.9. The highest BCUT2D eigenvalue weighted by Gasteiger charge is 2.18. The van der Waals surface area contributed by atoms with Crippen LogP contribution < -0.4 is 5.32 Å². The van der Waals surface area contributed by atoms with Crippen LogP contribution >= 0.6 is 23.1 Å². The van der Waals surface area contributed by atoms with Gasteiger partial charge in [0.15, 0.2) is 0 Å². The summed E-state index contributed by atoms with van der Waals surface area (Å²) in [5.74, 6) is -0.630. The van der Waals surface area contributed by atoms with E-state index in [2.05, 4.69) is 26.3 Å². The summed E-state index contributed by atoms with van der Waals surface area (Å²) in [4.78, 5) is 26.3. The summed E-state index contributed by atoms with van der Waals surface area (Å²) in [5, 5.41) is 14.9. The number of thioether (sulfide) groups is 1. The maximum Gasteiger partial charge on any atom is 0.234 e. The Morgan fingerprint density at radius 1 is 1.19 bits per heavy atom. The van der Waals surface area contributed by atoms with Gasteiger partial charge in [-0.25, -0.2) is 9.37 Å². The van der Waals surface area contributed by atoms with E-state index in [-0.39, 0.29) is 17.5 Å². The number of nitrogens with one attached hydrogen (secondary N) is 1. The second kappa shape index (κ2) is 9.47. The van der Waals surface area contributed by atoms with E-state index in [1.54, 1.807) is 18.6 Å². The fourth-order valence-electron chi connectivity index (χ4n) is 2.79. The van der Waals surface area contributed by atoms with Crippen molar-refractivity contribution in [1.82, 2.24) is 15.0 Å². The summed E-state index contributed by atoms with van der Waals surface area (Å²) in [7, 11) is 0. The Hall–Kier alpha value is -3.61. The molecule has 3 heterocycles. The molecule has 0 bridgehead atoms. The lowest BCUT2D eigenvalue weighted by atomic mass is 10.1. The van der Waals surface area contributed by atoms with Crippen LogP contribution in [0.5, 0.6) is 0 Å². The summed E-state index contributed by atoms with van der Waals surface area (Å²) in [6.45, 7) is 0. The van der Waals surface area contributed by atoms with Crippen molar-refractivity contribution in [3.63, 3.8) is 0 Å². The number of nitriles is 1. The number of hydrogen-bond acceptors (Lipinski definition) is 7. The molecule has 0 aliphatic carbocycles. The molecular formula is C22H14FN5OS2. The van der Waals surface area contributed by atoms with Crippen molar-refractivity contribution in [2.24, 2.45) is 0 Å². The average Bonchev–Trinajstić information content (AvgIpc) is 3.34. The van der Waals surface area contributed by atoms with Crippen LogP contribution in [0, 0.1) is 17.1 Å². The van der Waals surface area contributed by atoms with E-state index in [1.807, 2.05) is 23.6 Å². The lowest BCUT2D eigenvalue weighted by molar-refractivity contribution is -0.113. The first-order chi connectivity index (χ1) is 15.1. The van der Waals surface area contributed by atoms with Crippen molar-refractivity contribution in [3.8, 4) is 27.9 Å². The van der Waals surface area contributed by atoms with Gasteiger partial charge in [-0.2, -0.15) is 5.26 Å². The minimum Gasteiger partial charge on any atom is -0.325 e. The zero-order chi connectivity index (χ0) is 21.6. The van der Waals surface area contributed by atoms with Crippen LogP contribution in [-0.4, -0.2) is 26.6 Å². The van der Waals surface area contributed by atoms with E-state index in [4.69, 9.17) is 0 Å². The lowest BCUT2D eigenvalue weighted by Gasteiger charge is -2.11. The number of halogens is 1. The second-order valence-electron chi connectivity index (χ2n) is 6.26. The number of benzene rings is 1. The molecule has 1 N–H and O–H groups in total. The van der Waals surface area contributed by atoms with Crippen LogP contribution in [0.15, 0.2) is 71.5 Å². The number of amides is 1. The number of nitrogens with zero attached hydrogens (tertiary/aromatic N) is 4. The highest BCUT2D eigenvalue weighted by Crippen LogP contribution is 2.35. The zero-order valence-corrected chi connectivity index (χ0v) is 17.6. The van der Waals surface area contributed by atoms with Gasteiger partial charge >= 0.3 is 0 Å². The third-order valence-electron chi connectivity index (χ3n) is 4.18. The van der Waals surface area contributed by atoms with E-state index in [9.17, 15) is 14.4 Å². The Balaban J connectivity index is 1.64. The molecule has 152 valence electrons. The standard InChI is InChI=1S/C22H14FN5OS2/c23-14-3-5-15(6-4-14)27-21(29)13-31-22-17(11-24)16(20-2-1-9-30-20)10-18(28-22)19-12-25-7-8-26-19/h1-10,12H,13H2,(H,27,29). The molecule has 0 unspecified atom stereocenters. The van der Waals surface area contributed by atoms with E-state index in [1.165, 1.54) is 35.6 Å². The maximum absolute atomic E-state index is 13.0. The molecule has 31 heavy (non-hydrogen) atoms. The number of rotatable bonds is 6. The van der Waals surface area contributed by atoms with Crippen molar-refractivity contribution in [2.75, 3.05) is 11.1 Å². The van der Waals surface area contributed by atoms with Crippen molar-refractivity contribution in [1.29, 1.82) is 5.26 Å². The monoisotopic (exact) mass is 447 g/mol. The summed E-state index contributed by atoms with van der Waals surface area (Å²) >= 11 is 2.67. The summed E-state index contributed by atoms with van der Waals surface area (Å²) in [5.41, 5.74) is 2.76. The topological polar surface area (TPSA) is 91.6 Å². The molecule has 0 spiro atoms. The van der Waals surface area contributed by atoms with Gasteiger partial charge in [0, 0.05) is 28.5 Å². The molecular weight excluding hydrogens is 433 g/mol. The Labute approximate surface area is 185 Å². The third-order valence-corrected chi connectivity index (χ3v) is 6.06. The predicted octanol–water partition coefficient (Wildman–Crippen LogP) is 5.01. The first-order valence-corrected chi connectivity index (χ1v) is 10.9. The largest absolute Gasteiger partial charge is 0.325 e. The molecule has 1 aromatic carbocycles. The fraction of sp³-hybridized carbons (Fsp3) is 0.0455. The SMILES string of the molecule is N#Cc1c(-c2cccs2)cc(-c2cnccn2)nc1SCC(=O)Nc1ccc(F)cc1. The maximum atomic E-state index is 13.0. The smallest absolute Gasteiger partial charge is 0.234 e. The van der Waals surface area contributed by atoms with Crippen molar-refractivity contribution in [2.45, 2.75) is 5.03 Å². The Kier molecular flexibility index (Phi) is 6.31. The van der Waals surface area contributed by atoms with Crippen LogP contribution in [0.2, 0.25) is 0 Å². The highest BCUT2D eigenvalue weighted by atomic mass is 32.2. The van der Waals surface area contributed by atoms with E-state index in [0.29, 0.717) is 27.7 Å². The first kappa shape index (κ1) is 20.7. The number of thiophene rings is 1. The van der Waals surface area contributed by atoms with E-state index >= 15 is 0 Å². The number of carbonyl (C=O) groups excluding carboxylic acids is 1. The molecule has 4 aromatic rings. The first-order valence-electron chi connectivity index (χ1n) is 9.07. The molecule has 3 aromatic heterocycles. The second-order valence-corrected chi connectivity index (χ2v) is 8.17. The minimum absolute atomic E-state index is 0.0346. The molecule has 1 amide bonds. The molecule has 0 aliphatic rings. The summed E-state index contributed by atoms with van der Waals surface area (Å²) in [6, 6.07) is 13.4. The normalized spacial score (nSPS) is 10.5. The molecule has 0 saturated heterocycles. The Bertz CT molecular complexity index is 1240. The van der Waals surface area contributed by atoms with Gasteiger partial charge in [-0.1, -0.05) is 17.8 Å². The van der Waals surface area contributed by atoms with Gasteiger partial charge in [0.1, 0.15) is 22.6 Å². The van der Waals surface area contributed by atoms with Crippen LogP contribution in [0.3, 0.4) is 0 Å². The van der Waals surface area contributed by atoms with Gasteiger partial charge in [-0.3, -0.25) is 14.8 Å². The number of hydrogen-bond donors (Lipinski definition) is 1. The molecule has 0 saturated carbocycles. The fourth-order valence-corrected chi connectivity index (χ4v) is 4.34. The number of pyridine rings is 1. The molecule has 0 atom stereocenters. The van der Waals surface area contributed by atoms with Crippen LogP contribution in [0.1, 0.15) is 5.56 Å². The van der Waals surface area contributed by atoms with Crippen LogP contribution in [0.4, 0.5) is 10.1 Å². The van der Waals surface area contributed by atoms with Gasteiger partial charge in [0.25, 0.3) is 0 Å². The van der Waals surface area contributed by atoms with Gasteiger partial charge in [0.05, 0.1) is 23.2 Å². The predicted molar refractivity (Wildman–Crippen MR) is 119 cm³/mol. The third kappa shape index (κ3) is 4.94. The van der Waals surface area contributed by atoms with Crippen molar-refractivity contribution in [3.05, 3.63) is 77.8 Å². The highest BCUT2D eigenvalue weighted by molar-refractivity contribution is 8.00. The van der Waals surface area contributed by atoms with Crippen LogP contribution in [0.25, 0.3) is 21.8 Å². The number of aromatic nitrogens is 3. The minimum atomic E-state index is -0.378. The summed E-state index contributed by atoms with van der Waals surface area (Å²) in [6.07, 6.45) is 4.74. The molecule has 6 nitrogen and oxygen atoms in total. The van der Waals surface area contributed by atoms with E-state index < -0.39 is 0 Å². The molecule has 0 aliphatic heterocycles. The van der Waals surface area contributed by atoms with Gasteiger partial charge < -0.3 is 5.32 Å². The molecule has 4 rings (SSSR count). The van der Waals surface area contributed by atoms with Gasteiger partial charge in [-0.15, -0.1) is 11.3 Å². The molecule has 0 radical (unpaired) electrons. The number of anilines is 1. The summed E-state index contributed by atoms with van der Waals surface area (Å²) < 4.78 is 13.0. The van der Waals surface area contributed by atoms with Gasteiger partial charge in [-0.05, 0) is 41.8 Å². The lowest BCUT2D eigenvalue weighted by Crippen LogP contribution is -2.14. The van der Waals surface area contributed by atoms with Crippen molar-refractivity contribution < 1.29 is 9.18 Å². The quantitative estimate of drug-likeness (QED) is 0.418. The number of carbonyl (C=O) groups is 1. The molecule has 9 heteroatoms. The van der Waals surface area contributed by atoms with Gasteiger partial charge in [0.2, 0.25) is 5.91 Å². The van der Waals surface area contributed by atoms with Crippen LogP contribution in [-0.2, 0) is 4.79 Å². The average molecular weight is 448 g/mol. The Morgan fingerprint density at radius 3 is 2.71 bits per heavy atom. The molecule has 0 fully saturated rings. The van der Waals surface area contributed by atoms with Crippen molar-refractivity contribution >= 4 is 34.7 Å². The van der Waals surface area contributed by atoms with E-state index in [0.717, 1.165) is 22.2 Å². The Morgan fingerprint density at radius 2 is 2.03 bits per heavy atom.